The smallest absolute Gasteiger partial charge is 0.221 e. The highest BCUT2D eigenvalue weighted by Gasteiger charge is 2.43. The first-order valence-electron chi connectivity index (χ1n) is 8.51. The molecule has 2 aliphatic carbocycles. The van der Waals surface area contributed by atoms with Crippen molar-refractivity contribution in [2.75, 3.05) is 6.54 Å². The van der Waals surface area contributed by atoms with Crippen LogP contribution < -0.4 is 11.1 Å². The van der Waals surface area contributed by atoms with Crippen molar-refractivity contribution in [3.8, 4) is 0 Å². The van der Waals surface area contributed by atoms with Gasteiger partial charge in [-0.05, 0) is 51.0 Å². The quantitative estimate of drug-likeness (QED) is 0.791. The number of amides is 1. The number of aryl methyl sites for hydroxylation is 1. The lowest BCUT2D eigenvalue weighted by Crippen LogP contribution is -2.52. The van der Waals surface area contributed by atoms with Gasteiger partial charge in [0.1, 0.15) is 5.01 Å². The Bertz CT molecular complexity index is 540. The number of carbonyl (C=O) groups is 1. The zero-order valence-electron chi connectivity index (χ0n) is 14.3. The van der Waals surface area contributed by atoms with Crippen LogP contribution in [0.5, 0.6) is 0 Å². The van der Waals surface area contributed by atoms with E-state index in [0.29, 0.717) is 13.0 Å². The highest BCUT2D eigenvalue weighted by atomic mass is 35.5. The molecule has 1 amide bonds. The summed E-state index contributed by atoms with van der Waals surface area (Å²) in [7, 11) is 0. The van der Waals surface area contributed by atoms with E-state index in [4.69, 9.17) is 5.73 Å². The van der Waals surface area contributed by atoms with Crippen LogP contribution in [0.2, 0.25) is 0 Å². The molecule has 24 heavy (non-hydrogen) atoms. The average molecular weight is 394 g/mol. The Labute approximate surface area is 161 Å². The molecule has 1 aromatic heterocycles. The highest BCUT2D eigenvalue weighted by Crippen LogP contribution is 2.44. The molecule has 3 N–H and O–H groups in total. The summed E-state index contributed by atoms with van der Waals surface area (Å²) in [6.45, 7) is 2.64. The number of thiazole rings is 1. The van der Waals surface area contributed by atoms with Gasteiger partial charge in [0.25, 0.3) is 0 Å². The Balaban J connectivity index is 0.00000144. The molecule has 2 saturated carbocycles. The van der Waals surface area contributed by atoms with Gasteiger partial charge in [0.15, 0.2) is 0 Å². The minimum Gasteiger partial charge on any atom is -0.344 e. The van der Waals surface area contributed by atoms with Gasteiger partial charge < -0.3 is 11.1 Å². The number of nitrogens with zero attached hydrogens (tertiary/aromatic N) is 1. The van der Waals surface area contributed by atoms with Gasteiger partial charge in [-0.3, -0.25) is 4.79 Å². The topological polar surface area (TPSA) is 68.0 Å². The van der Waals surface area contributed by atoms with Crippen molar-refractivity contribution in [1.29, 1.82) is 0 Å². The Morgan fingerprint density at radius 1 is 1.21 bits per heavy atom. The zero-order chi connectivity index (χ0) is 15.6. The van der Waals surface area contributed by atoms with Gasteiger partial charge in [-0.25, -0.2) is 4.98 Å². The normalized spacial score (nSPS) is 20.9. The molecule has 0 aliphatic heterocycles. The number of nitrogens with one attached hydrogen (secondary N) is 1. The van der Waals surface area contributed by atoms with Crippen molar-refractivity contribution in [1.82, 2.24) is 10.3 Å². The van der Waals surface area contributed by atoms with E-state index in [1.165, 1.54) is 25.7 Å². The summed E-state index contributed by atoms with van der Waals surface area (Å²) in [4.78, 5) is 17.3. The summed E-state index contributed by atoms with van der Waals surface area (Å²) in [5.41, 5.74) is 6.91. The van der Waals surface area contributed by atoms with Crippen LogP contribution in [-0.4, -0.2) is 17.4 Å². The first-order chi connectivity index (χ1) is 10.6. The van der Waals surface area contributed by atoms with Gasteiger partial charge >= 0.3 is 0 Å². The van der Waals surface area contributed by atoms with Crippen molar-refractivity contribution < 1.29 is 4.79 Å². The summed E-state index contributed by atoms with van der Waals surface area (Å²) in [6, 6.07) is 0. The molecule has 0 radical (unpaired) electrons. The molecule has 3 rings (SSSR count). The van der Waals surface area contributed by atoms with Crippen molar-refractivity contribution in [2.45, 2.75) is 70.3 Å². The molecule has 2 aliphatic rings. The van der Waals surface area contributed by atoms with Crippen LogP contribution in [0, 0.1) is 12.3 Å². The molecule has 4 nitrogen and oxygen atoms in total. The van der Waals surface area contributed by atoms with E-state index >= 15 is 0 Å². The minimum absolute atomic E-state index is 0. The van der Waals surface area contributed by atoms with Crippen LogP contribution in [0.1, 0.15) is 68.5 Å². The summed E-state index contributed by atoms with van der Waals surface area (Å²) < 4.78 is 0. The number of hydrogen-bond acceptors (Lipinski definition) is 4. The second kappa shape index (κ2) is 8.84. The van der Waals surface area contributed by atoms with Crippen molar-refractivity contribution in [3.05, 3.63) is 16.1 Å². The Morgan fingerprint density at radius 2 is 1.88 bits per heavy atom. The fourth-order valence-electron chi connectivity index (χ4n) is 3.90. The molecule has 1 heterocycles. The Hall–Kier alpha value is -0.360. The molecular weight excluding hydrogens is 365 g/mol. The number of rotatable bonds is 5. The van der Waals surface area contributed by atoms with Gasteiger partial charge in [0.05, 0.1) is 5.54 Å². The zero-order valence-corrected chi connectivity index (χ0v) is 16.8. The third kappa shape index (κ3) is 4.43. The lowest BCUT2D eigenvalue weighted by molar-refractivity contribution is -0.127. The largest absolute Gasteiger partial charge is 0.344 e. The molecule has 0 aromatic carbocycles. The molecule has 0 atom stereocenters. The van der Waals surface area contributed by atoms with E-state index < -0.39 is 0 Å². The fourth-order valence-corrected chi connectivity index (χ4v) is 4.92. The maximum absolute atomic E-state index is 12.7. The maximum atomic E-state index is 12.7. The van der Waals surface area contributed by atoms with Gasteiger partial charge in [-0.15, -0.1) is 36.2 Å². The summed E-state index contributed by atoms with van der Waals surface area (Å²) in [6.07, 6.45) is 9.67. The summed E-state index contributed by atoms with van der Waals surface area (Å²) in [5, 5.41) is 6.47. The standard InChI is InChI=1S/C17H27N3OS.2ClH/c1-13-11-22-15(19-13)17(8-5-9-17)20-14(21)10-16(12-18)6-3-2-4-7-16;;/h11H,2-10,12,18H2,1H3,(H,20,21);2*1H. The number of halogens is 2. The van der Waals surface area contributed by atoms with Crippen LogP contribution in [-0.2, 0) is 10.3 Å². The van der Waals surface area contributed by atoms with Crippen LogP contribution in [0.4, 0.5) is 0 Å². The van der Waals surface area contributed by atoms with Crippen LogP contribution in [0.3, 0.4) is 0 Å². The van der Waals surface area contributed by atoms with E-state index in [0.717, 1.165) is 36.4 Å². The minimum atomic E-state index is -0.194. The molecule has 0 bridgehead atoms. The highest BCUT2D eigenvalue weighted by molar-refractivity contribution is 7.09. The monoisotopic (exact) mass is 393 g/mol. The number of nitrogens with two attached hydrogens (primary N) is 1. The molecule has 0 saturated heterocycles. The second-order valence-corrected chi connectivity index (χ2v) is 8.08. The summed E-state index contributed by atoms with van der Waals surface area (Å²) in [5.74, 6) is 0.167. The van der Waals surface area contributed by atoms with Gasteiger partial charge in [0, 0.05) is 17.5 Å². The molecule has 0 unspecified atom stereocenters. The first-order valence-corrected chi connectivity index (χ1v) is 9.39. The van der Waals surface area contributed by atoms with Crippen molar-refractivity contribution >= 4 is 42.1 Å². The van der Waals surface area contributed by atoms with Crippen LogP contribution in [0.15, 0.2) is 5.38 Å². The third-order valence-corrected chi connectivity index (χ3v) is 6.66. The molecule has 0 spiro atoms. The third-order valence-electron chi connectivity index (χ3n) is 5.50. The van der Waals surface area contributed by atoms with E-state index in [9.17, 15) is 4.79 Å². The van der Waals surface area contributed by atoms with E-state index in [1.807, 2.05) is 6.92 Å². The lowest BCUT2D eigenvalue weighted by Gasteiger charge is -2.42. The molecule has 138 valence electrons. The van der Waals surface area contributed by atoms with Gasteiger partial charge in [0.2, 0.25) is 5.91 Å². The van der Waals surface area contributed by atoms with E-state index in [2.05, 4.69) is 15.7 Å². The summed E-state index contributed by atoms with van der Waals surface area (Å²) >= 11 is 1.67. The predicted molar refractivity (Wildman–Crippen MR) is 104 cm³/mol. The number of aromatic nitrogens is 1. The van der Waals surface area contributed by atoms with Crippen molar-refractivity contribution in [2.24, 2.45) is 11.1 Å². The first kappa shape index (κ1) is 21.7. The van der Waals surface area contributed by atoms with E-state index in [1.54, 1.807) is 11.3 Å². The van der Waals surface area contributed by atoms with Crippen LogP contribution in [0.25, 0.3) is 0 Å². The molecular formula is C17H29Cl2N3OS. The van der Waals surface area contributed by atoms with Crippen LogP contribution >= 0.6 is 36.2 Å². The second-order valence-electron chi connectivity index (χ2n) is 7.22. The molecule has 7 heteroatoms. The maximum Gasteiger partial charge on any atom is 0.221 e. The van der Waals surface area contributed by atoms with E-state index in [-0.39, 0.29) is 41.7 Å². The van der Waals surface area contributed by atoms with Gasteiger partial charge in [-0.1, -0.05) is 19.3 Å². The number of hydrogen-bond donors (Lipinski definition) is 2. The SMILES string of the molecule is Cc1csc(C2(NC(=O)CC3(CN)CCCCC3)CCC2)n1.Cl.Cl. The molecule has 1 aromatic rings. The number of carbonyl (C=O) groups excluding carboxylic acids is 1. The Morgan fingerprint density at radius 3 is 2.33 bits per heavy atom. The van der Waals surface area contributed by atoms with Crippen molar-refractivity contribution in [3.63, 3.8) is 0 Å². The fraction of sp³-hybridized carbons (Fsp3) is 0.765. The van der Waals surface area contributed by atoms with Gasteiger partial charge in [-0.2, -0.15) is 0 Å². The average Bonchev–Trinajstić information content (AvgIpc) is 2.90. The Kier molecular flexibility index (Phi) is 7.98. The lowest BCUT2D eigenvalue weighted by atomic mass is 9.71. The molecule has 2 fully saturated rings. The predicted octanol–water partition coefficient (Wildman–Crippen LogP) is 4.09.